The van der Waals surface area contributed by atoms with Crippen molar-refractivity contribution in [3.05, 3.63) is 12.2 Å². The highest BCUT2D eigenvalue weighted by Gasteiger charge is 2.70. The molecule has 0 bridgehead atoms. The summed E-state index contributed by atoms with van der Waals surface area (Å²) < 4.78 is 5.38. The average Bonchev–Trinajstić information content (AvgIpc) is 2.68. The van der Waals surface area contributed by atoms with Gasteiger partial charge in [-0.2, -0.15) is 0 Å². The van der Waals surface area contributed by atoms with E-state index in [2.05, 4.69) is 6.58 Å². The molecule has 7 atom stereocenters. The van der Waals surface area contributed by atoms with Gasteiger partial charge in [-0.05, 0) is 24.8 Å². The molecular weight excluding hydrogens is 260 g/mol. The van der Waals surface area contributed by atoms with E-state index in [9.17, 15) is 20.1 Å². The highest BCUT2D eigenvalue weighted by molar-refractivity contribution is 5.75. The van der Waals surface area contributed by atoms with E-state index in [-0.39, 0.29) is 6.42 Å². The standard InChI is InChI=1S/C15H22O5/c1-7-4-5-10(17)14(3)6-9(16)11-8(2)13(18)20-12(11)15(7,14)19/h8-12,16-17,19H,1,4-6H2,2-3H3/t8-,9-,10+,11+,12-,14-,15-/m0/s1. The molecule has 0 radical (unpaired) electrons. The van der Waals surface area contributed by atoms with Crippen molar-refractivity contribution in [2.45, 2.75) is 57.0 Å². The van der Waals surface area contributed by atoms with E-state index in [1.165, 1.54) is 0 Å². The molecule has 112 valence electrons. The molecule has 20 heavy (non-hydrogen) atoms. The number of carbonyl (C=O) groups is 1. The maximum atomic E-state index is 11.9. The fourth-order valence-corrected chi connectivity index (χ4v) is 4.50. The molecule has 0 aromatic heterocycles. The first-order chi connectivity index (χ1) is 9.23. The molecule has 1 heterocycles. The molecule has 3 N–H and O–H groups in total. The lowest BCUT2D eigenvalue weighted by Gasteiger charge is -2.59. The molecule has 5 nitrogen and oxygen atoms in total. The molecule has 0 aromatic carbocycles. The number of hydrogen-bond donors (Lipinski definition) is 3. The largest absolute Gasteiger partial charge is 0.458 e. The van der Waals surface area contributed by atoms with E-state index in [0.717, 1.165) is 0 Å². The molecule has 2 aliphatic carbocycles. The molecule has 1 aliphatic heterocycles. The number of carbonyl (C=O) groups excluding carboxylic acids is 1. The van der Waals surface area contributed by atoms with Crippen LogP contribution in [-0.2, 0) is 9.53 Å². The second kappa shape index (κ2) is 4.06. The van der Waals surface area contributed by atoms with Gasteiger partial charge in [-0.25, -0.2) is 0 Å². The zero-order chi connectivity index (χ0) is 14.9. The monoisotopic (exact) mass is 282 g/mol. The second-order valence-corrected chi connectivity index (χ2v) is 6.84. The van der Waals surface area contributed by atoms with Crippen molar-refractivity contribution in [1.29, 1.82) is 0 Å². The van der Waals surface area contributed by atoms with Gasteiger partial charge in [0.2, 0.25) is 0 Å². The Hall–Kier alpha value is -0.910. The summed E-state index contributed by atoms with van der Waals surface area (Å²) in [4.78, 5) is 11.9. The summed E-state index contributed by atoms with van der Waals surface area (Å²) in [5.41, 5.74) is -1.81. The van der Waals surface area contributed by atoms with Crippen LogP contribution in [0.2, 0.25) is 0 Å². The minimum Gasteiger partial charge on any atom is -0.458 e. The van der Waals surface area contributed by atoms with Crippen LogP contribution in [-0.4, -0.2) is 45.2 Å². The molecule has 0 spiro atoms. The molecule has 0 aromatic rings. The Kier molecular flexibility index (Phi) is 2.85. The fourth-order valence-electron chi connectivity index (χ4n) is 4.50. The number of aliphatic hydroxyl groups excluding tert-OH is 2. The lowest BCUT2D eigenvalue weighted by Crippen LogP contribution is -2.69. The number of aliphatic hydroxyl groups is 3. The average molecular weight is 282 g/mol. The van der Waals surface area contributed by atoms with Crippen molar-refractivity contribution >= 4 is 5.97 Å². The zero-order valence-electron chi connectivity index (χ0n) is 11.9. The van der Waals surface area contributed by atoms with Crippen molar-refractivity contribution in [3.63, 3.8) is 0 Å². The number of ether oxygens (including phenoxy) is 1. The number of esters is 1. The molecule has 3 rings (SSSR count). The summed E-state index contributed by atoms with van der Waals surface area (Å²) in [6.07, 6.45) is -1.09. The molecule has 1 saturated heterocycles. The topological polar surface area (TPSA) is 87.0 Å². The van der Waals surface area contributed by atoms with Crippen LogP contribution >= 0.6 is 0 Å². The summed E-state index contributed by atoms with van der Waals surface area (Å²) in [5, 5.41) is 32.0. The third-order valence-electron chi connectivity index (χ3n) is 5.90. The van der Waals surface area contributed by atoms with Crippen molar-refractivity contribution in [2.75, 3.05) is 0 Å². The normalized spacial score (nSPS) is 55.1. The van der Waals surface area contributed by atoms with Crippen LogP contribution in [0.25, 0.3) is 0 Å². The predicted octanol–water partition coefficient (Wildman–Crippen LogP) is 0.377. The molecule has 0 unspecified atom stereocenters. The third kappa shape index (κ3) is 1.41. The summed E-state index contributed by atoms with van der Waals surface area (Å²) in [5.74, 6) is -1.29. The van der Waals surface area contributed by atoms with Gasteiger partial charge in [-0.1, -0.05) is 20.4 Å². The fraction of sp³-hybridized carbons (Fsp3) is 0.800. The molecule has 5 heteroatoms. The van der Waals surface area contributed by atoms with Gasteiger partial charge in [0.25, 0.3) is 0 Å². The van der Waals surface area contributed by atoms with Crippen LogP contribution < -0.4 is 0 Å². The molecule has 0 amide bonds. The van der Waals surface area contributed by atoms with E-state index in [1.807, 2.05) is 0 Å². The van der Waals surface area contributed by atoms with Gasteiger partial charge in [-0.3, -0.25) is 4.79 Å². The Morgan fingerprint density at radius 2 is 2.05 bits per heavy atom. The van der Waals surface area contributed by atoms with Crippen LogP contribution in [0, 0.1) is 17.3 Å². The van der Waals surface area contributed by atoms with Crippen LogP contribution in [0.1, 0.15) is 33.1 Å². The Balaban J connectivity index is 2.12. The number of rotatable bonds is 0. The van der Waals surface area contributed by atoms with E-state index in [0.29, 0.717) is 18.4 Å². The first-order valence-electron chi connectivity index (χ1n) is 7.20. The van der Waals surface area contributed by atoms with Gasteiger partial charge >= 0.3 is 5.97 Å². The van der Waals surface area contributed by atoms with Crippen LogP contribution in [0.15, 0.2) is 12.2 Å². The van der Waals surface area contributed by atoms with E-state index >= 15 is 0 Å². The summed E-state index contributed by atoms with van der Waals surface area (Å²) in [6.45, 7) is 7.41. The quantitative estimate of drug-likeness (QED) is 0.441. The van der Waals surface area contributed by atoms with Crippen molar-refractivity contribution in [1.82, 2.24) is 0 Å². The van der Waals surface area contributed by atoms with Crippen molar-refractivity contribution in [2.24, 2.45) is 17.3 Å². The minimum absolute atomic E-state index is 0.242. The number of fused-ring (bicyclic) bond motifs is 3. The maximum Gasteiger partial charge on any atom is 0.309 e. The van der Waals surface area contributed by atoms with E-state index < -0.39 is 47.1 Å². The molecule has 2 saturated carbocycles. The second-order valence-electron chi connectivity index (χ2n) is 6.84. The van der Waals surface area contributed by atoms with Crippen LogP contribution in [0.3, 0.4) is 0 Å². The molecule has 3 fully saturated rings. The lowest BCUT2D eigenvalue weighted by atomic mass is 9.50. The van der Waals surface area contributed by atoms with Gasteiger partial charge in [0.15, 0.2) is 0 Å². The van der Waals surface area contributed by atoms with Gasteiger partial charge in [0, 0.05) is 11.3 Å². The first-order valence-corrected chi connectivity index (χ1v) is 7.20. The summed E-state index contributed by atoms with van der Waals surface area (Å²) >= 11 is 0. The Bertz CT molecular complexity index is 475. The van der Waals surface area contributed by atoms with Crippen LogP contribution in [0.4, 0.5) is 0 Å². The predicted molar refractivity (Wildman–Crippen MR) is 70.6 cm³/mol. The lowest BCUT2D eigenvalue weighted by molar-refractivity contribution is -0.237. The maximum absolute atomic E-state index is 11.9. The summed E-state index contributed by atoms with van der Waals surface area (Å²) in [6, 6.07) is 0. The van der Waals surface area contributed by atoms with E-state index in [4.69, 9.17) is 4.74 Å². The Morgan fingerprint density at radius 3 is 2.70 bits per heavy atom. The smallest absolute Gasteiger partial charge is 0.309 e. The highest BCUT2D eigenvalue weighted by Crippen LogP contribution is 2.59. The highest BCUT2D eigenvalue weighted by atomic mass is 16.6. The molecule has 3 aliphatic rings. The molecular formula is C15H22O5. The van der Waals surface area contributed by atoms with Gasteiger partial charge in [0.05, 0.1) is 18.1 Å². The van der Waals surface area contributed by atoms with Crippen LogP contribution in [0.5, 0.6) is 0 Å². The number of hydrogen-bond acceptors (Lipinski definition) is 5. The SMILES string of the molecule is C=C1CC[C@@H](O)[C@]2(C)C[C@H](O)[C@H]3[C@H](C)C(=O)O[C@@H]3[C@@]12O. The van der Waals surface area contributed by atoms with Gasteiger partial charge < -0.3 is 20.1 Å². The first kappa shape index (κ1) is 14.0. The van der Waals surface area contributed by atoms with Crippen molar-refractivity contribution in [3.8, 4) is 0 Å². The minimum atomic E-state index is -1.46. The zero-order valence-corrected chi connectivity index (χ0v) is 11.9. The van der Waals surface area contributed by atoms with Gasteiger partial charge in [-0.15, -0.1) is 0 Å². The summed E-state index contributed by atoms with van der Waals surface area (Å²) in [7, 11) is 0. The van der Waals surface area contributed by atoms with Crippen molar-refractivity contribution < 1.29 is 24.9 Å². The van der Waals surface area contributed by atoms with Gasteiger partial charge in [0.1, 0.15) is 11.7 Å². The third-order valence-corrected chi connectivity index (χ3v) is 5.90. The Labute approximate surface area is 118 Å². The Morgan fingerprint density at radius 1 is 1.40 bits per heavy atom. The van der Waals surface area contributed by atoms with E-state index in [1.54, 1.807) is 13.8 Å².